The van der Waals surface area contributed by atoms with Gasteiger partial charge in [-0.15, -0.1) is 10.2 Å². The molecule has 0 spiro atoms. The topological polar surface area (TPSA) is 132 Å². The third-order valence-electron chi connectivity index (χ3n) is 4.45. The van der Waals surface area contributed by atoms with Crippen molar-refractivity contribution in [2.75, 3.05) is 7.11 Å². The van der Waals surface area contributed by atoms with Gasteiger partial charge in [-0.1, -0.05) is 12.1 Å². The predicted octanol–water partition coefficient (Wildman–Crippen LogP) is 2.81. The monoisotopic (exact) mass is 448 g/mol. The second kappa shape index (κ2) is 9.91. The average Bonchev–Trinajstić information content (AvgIpc) is 3.25. The molecule has 0 radical (unpaired) electrons. The minimum atomic E-state index is -0.960. The normalized spacial score (nSPS) is 11.8. The van der Waals surface area contributed by atoms with Crippen molar-refractivity contribution < 1.29 is 19.1 Å². The van der Waals surface area contributed by atoms with Crippen LogP contribution in [-0.2, 0) is 20.7 Å². The van der Waals surface area contributed by atoms with Gasteiger partial charge in [0.15, 0.2) is 5.82 Å². The number of hydrogen-bond acceptors (Lipinski definition) is 8. The Morgan fingerprint density at radius 2 is 1.88 bits per heavy atom. The molecule has 2 heterocycles. The highest BCUT2D eigenvalue weighted by atomic mass is 16.6. The molecule has 0 saturated carbocycles. The maximum absolute atomic E-state index is 12.1. The Morgan fingerprint density at radius 1 is 1.15 bits per heavy atom. The lowest BCUT2D eigenvalue weighted by molar-refractivity contribution is -0.143. The smallest absolute Gasteiger partial charge is 0.408 e. The number of hydrogen-bond donors (Lipinski definition) is 1. The molecule has 0 fully saturated rings. The maximum atomic E-state index is 12.1. The van der Waals surface area contributed by atoms with Crippen LogP contribution in [0.3, 0.4) is 0 Å². The molecule has 0 aliphatic heterocycles. The number of ether oxygens (including phenoxy) is 2. The van der Waals surface area contributed by atoms with Gasteiger partial charge in [0.25, 0.3) is 0 Å². The van der Waals surface area contributed by atoms with E-state index in [-0.39, 0.29) is 6.42 Å². The highest BCUT2D eigenvalue weighted by Gasteiger charge is 2.26. The molecule has 170 valence electrons. The first kappa shape index (κ1) is 23.4. The summed E-state index contributed by atoms with van der Waals surface area (Å²) in [5.74, 6) is -0.0807. The first-order chi connectivity index (χ1) is 15.7. The largest absolute Gasteiger partial charge is 0.467 e. The first-order valence-electron chi connectivity index (χ1n) is 10.1. The van der Waals surface area contributed by atoms with Crippen LogP contribution in [0.15, 0.2) is 48.9 Å². The number of rotatable bonds is 6. The molecule has 33 heavy (non-hydrogen) atoms. The van der Waals surface area contributed by atoms with Gasteiger partial charge in [-0.05, 0) is 45.0 Å². The molecule has 0 saturated heterocycles. The number of carbonyl (C=O) groups excluding carboxylic acids is 2. The van der Waals surface area contributed by atoms with Crippen LogP contribution in [0, 0.1) is 11.3 Å². The molecule has 1 aromatic carbocycles. The molecule has 1 unspecified atom stereocenters. The van der Waals surface area contributed by atoms with E-state index in [0.29, 0.717) is 22.8 Å². The van der Waals surface area contributed by atoms with Crippen molar-refractivity contribution in [3.05, 3.63) is 60.2 Å². The van der Waals surface area contributed by atoms with E-state index in [4.69, 9.17) is 14.7 Å². The molecule has 3 aromatic rings. The standard InChI is InChI=1S/C23H24N6O4/c1-23(2,3)33-22(31)26-19(21(30)32-4)11-17-13-29(14-25-17)20-10-9-18(27-28-20)16-7-5-15(12-24)6-8-16/h5-10,13-14,19H,11H2,1-4H3,(H,26,31). The quantitative estimate of drug-likeness (QED) is 0.569. The number of aromatic nitrogens is 4. The number of alkyl carbamates (subject to hydrolysis) is 1. The maximum Gasteiger partial charge on any atom is 0.408 e. The van der Waals surface area contributed by atoms with Gasteiger partial charge in [0.2, 0.25) is 0 Å². The van der Waals surface area contributed by atoms with Crippen LogP contribution in [0.1, 0.15) is 32.0 Å². The van der Waals surface area contributed by atoms with E-state index >= 15 is 0 Å². The summed E-state index contributed by atoms with van der Waals surface area (Å²) in [6.45, 7) is 5.19. The lowest BCUT2D eigenvalue weighted by atomic mass is 10.1. The number of nitriles is 1. The molecule has 3 rings (SSSR count). The van der Waals surface area contributed by atoms with Gasteiger partial charge in [-0.25, -0.2) is 14.6 Å². The Bertz CT molecular complexity index is 1160. The summed E-state index contributed by atoms with van der Waals surface area (Å²) in [6.07, 6.45) is 2.62. The Balaban J connectivity index is 1.71. The van der Waals surface area contributed by atoms with Crippen LogP contribution in [-0.4, -0.2) is 50.6 Å². The highest BCUT2D eigenvalue weighted by Crippen LogP contribution is 2.18. The van der Waals surface area contributed by atoms with Crippen molar-refractivity contribution in [2.24, 2.45) is 0 Å². The van der Waals surface area contributed by atoms with E-state index in [1.807, 2.05) is 18.2 Å². The fourth-order valence-electron chi connectivity index (χ4n) is 2.92. The Morgan fingerprint density at radius 3 is 2.45 bits per heavy atom. The number of nitrogens with zero attached hydrogens (tertiary/aromatic N) is 5. The second-order valence-corrected chi connectivity index (χ2v) is 8.16. The Labute approximate surface area is 191 Å². The molecule has 0 aliphatic carbocycles. The summed E-state index contributed by atoms with van der Waals surface area (Å²) in [4.78, 5) is 28.5. The Kier molecular flexibility index (Phi) is 7.03. The predicted molar refractivity (Wildman–Crippen MR) is 118 cm³/mol. The van der Waals surface area contributed by atoms with Crippen molar-refractivity contribution in [2.45, 2.75) is 38.8 Å². The van der Waals surface area contributed by atoms with E-state index < -0.39 is 23.7 Å². The third-order valence-corrected chi connectivity index (χ3v) is 4.45. The summed E-state index contributed by atoms with van der Waals surface area (Å²) < 4.78 is 11.7. The lowest BCUT2D eigenvalue weighted by Gasteiger charge is -2.22. The van der Waals surface area contributed by atoms with Crippen molar-refractivity contribution in [3.8, 4) is 23.1 Å². The molecule has 10 nitrogen and oxygen atoms in total. The summed E-state index contributed by atoms with van der Waals surface area (Å²) in [6, 6.07) is 11.8. The first-order valence-corrected chi connectivity index (χ1v) is 10.1. The molecule has 0 bridgehead atoms. The molecular formula is C23H24N6O4. The summed E-state index contributed by atoms with van der Waals surface area (Å²) >= 11 is 0. The van der Waals surface area contributed by atoms with Gasteiger partial charge < -0.3 is 14.8 Å². The van der Waals surface area contributed by atoms with Crippen LogP contribution in [0.25, 0.3) is 17.1 Å². The number of imidazole rings is 1. The zero-order chi connectivity index (χ0) is 24.0. The third kappa shape index (κ3) is 6.36. The number of amides is 1. The number of nitrogens with one attached hydrogen (secondary N) is 1. The fraction of sp³-hybridized carbons (Fsp3) is 0.304. The highest BCUT2D eigenvalue weighted by molar-refractivity contribution is 5.81. The SMILES string of the molecule is COC(=O)C(Cc1cn(-c2ccc(-c3ccc(C#N)cc3)nn2)cn1)NC(=O)OC(C)(C)C. The minimum Gasteiger partial charge on any atom is -0.467 e. The van der Waals surface area contributed by atoms with Crippen molar-refractivity contribution in [3.63, 3.8) is 0 Å². The fourth-order valence-corrected chi connectivity index (χ4v) is 2.92. The van der Waals surface area contributed by atoms with Gasteiger partial charge in [0.1, 0.15) is 18.0 Å². The number of esters is 1. The molecule has 1 N–H and O–H groups in total. The molecular weight excluding hydrogens is 424 g/mol. The number of benzene rings is 1. The van der Waals surface area contributed by atoms with E-state index in [9.17, 15) is 9.59 Å². The summed E-state index contributed by atoms with van der Waals surface area (Å²) in [5, 5.41) is 19.9. The van der Waals surface area contributed by atoms with Crippen molar-refractivity contribution in [1.29, 1.82) is 5.26 Å². The van der Waals surface area contributed by atoms with Crippen molar-refractivity contribution in [1.82, 2.24) is 25.1 Å². The molecule has 1 atom stereocenters. The van der Waals surface area contributed by atoms with Crippen LogP contribution in [0.4, 0.5) is 4.79 Å². The zero-order valence-electron chi connectivity index (χ0n) is 18.8. The lowest BCUT2D eigenvalue weighted by Crippen LogP contribution is -2.45. The average molecular weight is 448 g/mol. The van der Waals surface area contributed by atoms with E-state index in [1.54, 1.807) is 56.1 Å². The van der Waals surface area contributed by atoms with E-state index in [0.717, 1.165) is 5.56 Å². The van der Waals surface area contributed by atoms with Crippen LogP contribution < -0.4 is 5.32 Å². The minimum absolute atomic E-state index is 0.107. The molecule has 10 heteroatoms. The summed E-state index contributed by atoms with van der Waals surface area (Å²) in [5.41, 5.74) is 1.92. The molecule has 1 amide bonds. The number of methoxy groups -OCH3 is 1. The second-order valence-electron chi connectivity index (χ2n) is 8.16. The van der Waals surface area contributed by atoms with Gasteiger partial charge in [0, 0.05) is 18.2 Å². The Hall–Kier alpha value is -4.26. The molecule has 0 aliphatic rings. The van der Waals surface area contributed by atoms with Crippen molar-refractivity contribution >= 4 is 12.1 Å². The zero-order valence-corrected chi connectivity index (χ0v) is 18.8. The van der Waals surface area contributed by atoms with Gasteiger partial charge in [-0.2, -0.15) is 5.26 Å². The summed E-state index contributed by atoms with van der Waals surface area (Å²) in [7, 11) is 1.25. The molecule has 2 aromatic heterocycles. The van der Waals surface area contributed by atoms with Gasteiger partial charge in [0.05, 0.1) is 30.1 Å². The van der Waals surface area contributed by atoms with E-state index in [2.05, 4.69) is 26.6 Å². The van der Waals surface area contributed by atoms with E-state index in [1.165, 1.54) is 7.11 Å². The van der Waals surface area contributed by atoms with Crippen LogP contribution >= 0.6 is 0 Å². The number of carbonyl (C=O) groups is 2. The van der Waals surface area contributed by atoms with Crippen LogP contribution in [0.2, 0.25) is 0 Å². The van der Waals surface area contributed by atoms with Crippen LogP contribution in [0.5, 0.6) is 0 Å². The van der Waals surface area contributed by atoms with Gasteiger partial charge in [-0.3, -0.25) is 4.57 Å². The van der Waals surface area contributed by atoms with Gasteiger partial charge >= 0.3 is 12.1 Å².